The maximum atomic E-state index is 8.36. The molecule has 0 saturated heterocycles. The van der Waals surface area contributed by atoms with Crippen molar-refractivity contribution in [2.24, 2.45) is 10.7 Å². The van der Waals surface area contributed by atoms with Crippen molar-refractivity contribution in [3.63, 3.8) is 0 Å². The molecule has 0 aromatic carbocycles. The van der Waals surface area contributed by atoms with Crippen molar-refractivity contribution in [3.05, 3.63) is 24.0 Å². The molecule has 0 radical (unpaired) electrons. The van der Waals surface area contributed by atoms with Crippen molar-refractivity contribution in [3.8, 4) is 0 Å². The third kappa shape index (κ3) is 1.93. The second-order valence-corrected chi connectivity index (χ2v) is 2.27. The molecule has 1 aromatic rings. The van der Waals surface area contributed by atoms with Gasteiger partial charge in [0.25, 0.3) is 0 Å². The Bertz CT molecular complexity index is 297. The van der Waals surface area contributed by atoms with E-state index < -0.39 is 0 Å². The highest BCUT2D eigenvalue weighted by atomic mass is 16.5. The molecule has 1 aromatic heterocycles. The molecule has 0 spiro atoms. The van der Waals surface area contributed by atoms with Crippen LogP contribution in [0.5, 0.6) is 0 Å². The van der Waals surface area contributed by atoms with Gasteiger partial charge in [-0.2, -0.15) is 0 Å². The summed E-state index contributed by atoms with van der Waals surface area (Å²) in [6.07, 6.45) is 3.23. The average Bonchev–Trinajstić information content (AvgIpc) is 2.09. The normalized spacial score (nSPS) is 11.3. The number of hydrogen-bond donors (Lipinski definition) is 3. The van der Waals surface area contributed by atoms with Crippen LogP contribution in [-0.2, 0) is 0 Å². The van der Waals surface area contributed by atoms with Crippen LogP contribution in [0.25, 0.3) is 0 Å². The van der Waals surface area contributed by atoms with Crippen molar-refractivity contribution >= 4 is 11.6 Å². The highest BCUT2D eigenvalue weighted by Gasteiger charge is 1.95. The number of aryl methyl sites for hydroxylation is 1. The summed E-state index contributed by atoms with van der Waals surface area (Å²) in [5, 5.41) is 8.36. The van der Waals surface area contributed by atoms with E-state index in [1.807, 2.05) is 13.0 Å². The second kappa shape index (κ2) is 3.68. The Morgan fingerprint density at radius 3 is 3.08 bits per heavy atom. The van der Waals surface area contributed by atoms with E-state index in [1.54, 1.807) is 17.9 Å². The van der Waals surface area contributed by atoms with Gasteiger partial charge in [0.05, 0.1) is 11.9 Å². The number of rotatable bonds is 1. The summed E-state index contributed by atoms with van der Waals surface area (Å²) < 4.78 is 0. The number of pyridine rings is 1. The number of nitrogens with two attached hydrogens (primary N) is 1. The molecular formula is C7H10N4O. The standard InChI is InChI=1S/C7H10N4O/c1-5-2-3-9-4-6(5)10-7(8)11-12/h2-4,12H,1H3,(H3,8,10,11). The van der Waals surface area contributed by atoms with E-state index in [4.69, 9.17) is 10.9 Å². The van der Waals surface area contributed by atoms with E-state index >= 15 is 0 Å². The van der Waals surface area contributed by atoms with Gasteiger partial charge in [0.2, 0.25) is 5.96 Å². The van der Waals surface area contributed by atoms with E-state index in [-0.39, 0.29) is 5.96 Å². The van der Waals surface area contributed by atoms with Crippen LogP contribution in [0.15, 0.2) is 23.5 Å². The van der Waals surface area contributed by atoms with E-state index in [0.717, 1.165) is 5.56 Å². The highest BCUT2D eigenvalue weighted by molar-refractivity contribution is 5.80. The largest absolute Gasteiger partial charge is 0.368 e. The molecule has 0 aliphatic carbocycles. The molecule has 0 fully saturated rings. The van der Waals surface area contributed by atoms with Crippen LogP contribution in [0.2, 0.25) is 0 Å². The lowest BCUT2D eigenvalue weighted by atomic mass is 10.3. The fourth-order valence-corrected chi connectivity index (χ4v) is 0.727. The summed E-state index contributed by atoms with van der Waals surface area (Å²) in [6, 6.07) is 1.81. The summed E-state index contributed by atoms with van der Waals surface area (Å²) in [7, 11) is 0. The van der Waals surface area contributed by atoms with Crippen LogP contribution in [-0.4, -0.2) is 16.2 Å². The van der Waals surface area contributed by atoms with Crippen LogP contribution in [0.4, 0.5) is 5.69 Å². The lowest BCUT2D eigenvalue weighted by Crippen LogP contribution is -2.27. The van der Waals surface area contributed by atoms with Crippen LogP contribution in [0, 0.1) is 6.92 Å². The van der Waals surface area contributed by atoms with Gasteiger partial charge in [-0.05, 0) is 18.6 Å². The number of aliphatic imine (C=N–C) groups is 1. The molecule has 0 amide bonds. The molecule has 0 unspecified atom stereocenters. The number of hydroxylamine groups is 1. The first-order valence-electron chi connectivity index (χ1n) is 3.39. The maximum Gasteiger partial charge on any atom is 0.218 e. The average molecular weight is 166 g/mol. The Kier molecular flexibility index (Phi) is 2.60. The monoisotopic (exact) mass is 166 g/mol. The third-order valence-electron chi connectivity index (χ3n) is 1.37. The van der Waals surface area contributed by atoms with Gasteiger partial charge in [-0.3, -0.25) is 10.2 Å². The minimum absolute atomic E-state index is 0.0499. The van der Waals surface area contributed by atoms with Gasteiger partial charge in [0.15, 0.2) is 0 Å². The van der Waals surface area contributed by atoms with E-state index in [9.17, 15) is 0 Å². The molecule has 0 aliphatic rings. The summed E-state index contributed by atoms with van der Waals surface area (Å²) >= 11 is 0. The minimum Gasteiger partial charge on any atom is -0.368 e. The van der Waals surface area contributed by atoms with Crippen LogP contribution in [0.1, 0.15) is 5.56 Å². The summed E-state index contributed by atoms with van der Waals surface area (Å²) in [5.41, 5.74) is 8.56. The second-order valence-electron chi connectivity index (χ2n) is 2.27. The first-order chi connectivity index (χ1) is 5.74. The van der Waals surface area contributed by atoms with E-state index in [0.29, 0.717) is 5.69 Å². The fraction of sp³-hybridized carbons (Fsp3) is 0.143. The molecule has 4 N–H and O–H groups in total. The van der Waals surface area contributed by atoms with E-state index in [1.165, 1.54) is 0 Å². The number of hydrogen-bond acceptors (Lipinski definition) is 3. The van der Waals surface area contributed by atoms with Gasteiger partial charge in [0.1, 0.15) is 0 Å². The zero-order valence-corrected chi connectivity index (χ0v) is 6.65. The van der Waals surface area contributed by atoms with Gasteiger partial charge < -0.3 is 5.73 Å². The smallest absolute Gasteiger partial charge is 0.218 e. The highest BCUT2D eigenvalue weighted by Crippen LogP contribution is 2.14. The lowest BCUT2D eigenvalue weighted by molar-refractivity contribution is 0.233. The van der Waals surface area contributed by atoms with Gasteiger partial charge >= 0.3 is 0 Å². The summed E-state index contributed by atoms with van der Waals surface area (Å²) in [4.78, 5) is 7.71. The topological polar surface area (TPSA) is 83.5 Å². The Balaban J connectivity index is 2.96. The van der Waals surface area contributed by atoms with E-state index in [2.05, 4.69) is 9.98 Å². The van der Waals surface area contributed by atoms with Crippen LogP contribution in [0.3, 0.4) is 0 Å². The predicted molar refractivity (Wildman–Crippen MR) is 45.2 cm³/mol. The number of guanidine groups is 1. The Morgan fingerprint density at radius 2 is 2.50 bits per heavy atom. The molecule has 64 valence electrons. The molecule has 5 heteroatoms. The zero-order valence-electron chi connectivity index (χ0n) is 6.65. The molecule has 1 rings (SSSR count). The predicted octanol–water partition coefficient (Wildman–Crippen LogP) is 0.315. The minimum atomic E-state index is -0.0499. The Labute approximate surface area is 69.9 Å². The van der Waals surface area contributed by atoms with Crippen molar-refractivity contribution in [1.29, 1.82) is 0 Å². The van der Waals surface area contributed by atoms with Crippen molar-refractivity contribution in [2.75, 3.05) is 0 Å². The Morgan fingerprint density at radius 1 is 1.75 bits per heavy atom. The van der Waals surface area contributed by atoms with Crippen molar-refractivity contribution in [1.82, 2.24) is 10.5 Å². The molecule has 0 bridgehead atoms. The number of aromatic nitrogens is 1. The maximum absolute atomic E-state index is 8.36. The molecule has 5 nitrogen and oxygen atoms in total. The quantitative estimate of drug-likeness (QED) is 0.318. The molecule has 0 aliphatic heterocycles. The van der Waals surface area contributed by atoms with Gasteiger partial charge in [0, 0.05) is 6.20 Å². The van der Waals surface area contributed by atoms with Crippen LogP contribution < -0.4 is 11.2 Å². The number of nitrogens with zero attached hydrogens (tertiary/aromatic N) is 2. The lowest BCUT2D eigenvalue weighted by Gasteiger charge is -1.99. The molecule has 0 saturated carbocycles. The molecule has 12 heavy (non-hydrogen) atoms. The van der Waals surface area contributed by atoms with Crippen molar-refractivity contribution in [2.45, 2.75) is 6.92 Å². The molecule has 1 heterocycles. The number of nitrogens with one attached hydrogen (secondary N) is 1. The van der Waals surface area contributed by atoms with Gasteiger partial charge in [-0.15, -0.1) is 0 Å². The molecule has 0 atom stereocenters. The zero-order chi connectivity index (χ0) is 8.97. The third-order valence-corrected chi connectivity index (χ3v) is 1.37. The van der Waals surface area contributed by atoms with Crippen molar-refractivity contribution < 1.29 is 5.21 Å². The first-order valence-corrected chi connectivity index (χ1v) is 3.39. The van der Waals surface area contributed by atoms with Crippen LogP contribution >= 0.6 is 0 Å². The summed E-state index contributed by atoms with van der Waals surface area (Å²) in [5.74, 6) is -0.0499. The van der Waals surface area contributed by atoms with Gasteiger partial charge in [-0.1, -0.05) is 0 Å². The van der Waals surface area contributed by atoms with Gasteiger partial charge in [-0.25, -0.2) is 10.5 Å². The molecular weight excluding hydrogens is 156 g/mol. The SMILES string of the molecule is Cc1ccncc1N=C(N)NO. The fourth-order valence-electron chi connectivity index (χ4n) is 0.727. The Hall–Kier alpha value is -1.62. The summed E-state index contributed by atoms with van der Waals surface area (Å²) in [6.45, 7) is 1.88. The first kappa shape index (κ1) is 8.48.